The van der Waals surface area contributed by atoms with Crippen LogP contribution in [0.4, 0.5) is 5.69 Å². The van der Waals surface area contributed by atoms with Crippen molar-refractivity contribution >= 4 is 11.6 Å². The number of benzene rings is 2. The molecule has 3 rings (SSSR count). The first-order valence-electron chi connectivity index (χ1n) is 8.96. The van der Waals surface area contributed by atoms with Crippen molar-refractivity contribution in [2.24, 2.45) is 0 Å². The number of hydrogen-bond acceptors (Lipinski definition) is 4. The molecule has 0 radical (unpaired) electrons. The molecule has 1 fully saturated rings. The van der Waals surface area contributed by atoms with E-state index in [0.29, 0.717) is 23.1 Å². The fourth-order valence-corrected chi connectivity index (χ4v) is 3.41. The van der Waals surface area contributed by atoms with Gasteiger partial charge in [-0.15, -0.1) is 0 Å². The maximum Gasteiger partial charge on any atom is 0.257 e. The summed E-state index contributed by atoms with van der Waals surface area (Å²) < 4.78 is 10.7. The number of piperidine rings is 1. The number of amides is 1. The van der Waals surface area contributed by atoms with Crippen LogP contribution in [-0.2, 0) is 0 Å². The summed E-state index contributed by atoms with van der Waals surface area (Å²) in [6.07, 6.45) is 1.85. The molecule has 0 unspecified atom stereocenters. The Morgan fingerprint density at radius 1 is 1.04 bits per heavy atom. The molecule has 1 aliphatic rings. The Hall–Kier alpha value is -2.69. The van der Waals surface area contributed by atoms with Crippen LogP contribution in [0.25, 0.3) is 0 Å². The second-order valence-electron chi connectivity index (χ2n) is 6.57. The van der Waals surface area contributed by atoms with E-state index in [1.54, 1.807) is 26.4 Å². The number of aryl methyl sites for hydroxylation is 1. The Morgan fingerprint density at radius 2 is 1.77 bits per heavy atom. The van der Waals surface area contributed by atoms with Crippen LogP contribution in [-0.4, -0.2) is 44.2 Å². The van der Waals surface area contributed by atoms with Crippen LogP contribution in [0.5, 0.6) is 11.5 Å². The van der Waals surface area contributed by atoms with Crippen molar-refractivity contribution in [1.29, 1.82) is 0 Å². The molecule has 0 aliphatic carbocycles. The zero-order valence-electron chi connectivity index (χ0n) is 15.6. The lowest BCUT2D eigenvalue weighted by Crippen LogP contribution is -2.42. The van der Waals surface area contributed by atoms with Crippen molar-refractivity contribution in [3.05, 3.63) is 53.6 Å². The fourth-order valence-electron chi connectivity index (χ4n) is 3.41. The minimum atomic E-state index is -0.00454. The smallest absolute Gasteiger partial charge is 0.257 e. The zero-order chi connectivity index (χ0) is 18.5. The van der Waals surface area contributed by atoms with Crippen molar-refractivity contribution in [2.75, 3.05) is 32.6 Å². The maximum absolute atomic E-state index is 12.9. The molecule has 1 amide bonds. The number of para-hydroxylation sites is 2. The number of likely N-dealkylation sites (tertiary alicyclic amines) is 1. The molecule has 138 valence electrons. The first-order chi connectivity index (χ1) is 12.6. The molecule has 5 heteroatoms. The Balaban J connectivity index is 1.65. The first-order valence-corrected chi connectivity index (χ1v) is 8.96. The molecule has 1 N–H and O–H groups in total. The molecule has 1 aliphatic heterocycles. The van der Waals surface area contributed by atoms with Crippen LogP contribution >= 0.6 is 0 Å². The molecule has 0 saturated carbocycles. The van der Waals surface area contributed by atoms with Gasteiger partial charge in [-0.1, -0.05) is 24.3 Å². The normalized spacial score (nSPS) is 14.8. The Kier molecular flexibility index (Phi) is 5.66. The molecule has 0 atom stereocenters. The molecule has 0 aromatic heterocycles. The summed E-state index contributed by atoms with van der Waals surface area (Å²) >= 11 is 0. The van der Waals surface area contributed by atoms with Crippen molar-refractivity contribution < 1.29 is 14.3 Å². The van der Waals surface area contributed by atoms with Crippen LogP contribution in [0, 0.1) is 6.92 Å². The van der Waals surface area contributed by atoms with Gasteiger partial charge in [0.05, 0.1) is 19.8 Å². The number of carbonyl (C=O) groups is 1. The predicted octanol–water partition coefficient (Wildman–Crippen LogP) is 3.73. The van der Waals surface area contributed by atoms with E-state index in [0.717, 1.165) is 25.9 Å². The van der Waals surface area contributed by atoms with Crippen molar-refractivity contribution in [3.63, 3.8) is 0 Å². The van der Waals surface area contributed by atoms with E-state index < -0.39 is 0 Å². The lowest BCUT2D eigenvalue weighted by molar-refractivity contribution is 0.0714. The monoisotopic (exact) mass is 354 g/mol. The summed E-state index contributed by atoms with van der Waals surface area (Å²) in [7, 11) is 3.14. The predicted molar refractivity (Wildman–Crippen MR) is 103 cm³/mol. The van der Waals surface area contributed by atoms with Gasteiger partial charge in [0.15, 0.2) is 11.5 Å². The fraction of sp³-hybridized carbons (Fsp3) is 0.381. The minimum absolute atomic E-state index is 0.00454. The van der Waals surface area contributed by atoms with Gasteiger partial charge in [-0.05, 0) is 43.5 Å². The number of anilines is 1. The van der Waals surface area contributed by atoms with Crippen LogP contribution in [0.3, 0.4) is 0 Å². The minimum Gasteiger partial charge on any atom is -0.493 e. The topological polar surface area (TPSA) is 50.8 Å². The summed E-state index contributed by atoms with van der Waals surface area (Å²) in [5.41, 5.74) is 2.97. The van der Waals surface area contributed by atoms with Gasteiger partial charge < -0.3 is 19.7 Å². The van der Waals surface area contributed by atoms with E-state index in [1.165, 1.54) is 11.3 Å². The van der Waals surface area contributed by atoms with Gasteiger partial charge in [0.2, 0.25) is 0 Å². The Morgan fingerprint density at radius 3 is 2.42 bits per heavy atom. The molecule has 26 heavy (non-hydrogen) atoms. The molecular formula is C21H26N2O3. The quantitative estimate of drug-likeness (QED) is 0.889. The standard InChI is InChI=1S/C21H26N2O3/c1-15-7-4-5-9-18(15)22-16-11-13-23(14-12-16)21(24)17-8-6-10-19(25-2)20(17)26-3/h4-10,16,22H,11-14H2,1-3H3. The van der Waals surface area contributed by atoms with E-state index in [9.17, 15) is 4.79 Å². The number of methoxy groups -OCH3 is 2. The van der Waals surface area contributed by atoms with Crippen LogP contribution < -0.4 is 14.8 Å². The second kappa shape index (κ2) is 8.13. The van der Waals surface area contributed by atoms with Gasteiger partial charge in [-0.2, -0.15) is 0 Å². The van der Waals surface area contributed by atoms with Gasteiger partial charge in [0, 0.05) is 24.8 Å². The van der Waals surface area contributed by atoms with E-state index in [-0.39, 0.29) is 5.91 Å². The third-order valence-electron chi connectivity index (χ3n) is 4.92. The van der Waals surface area contributed by atoms with E-state index in [2.05, 4.69) is 24.4 Å². The third kappa shape index (κ3) is 3.77. The lowest BCUT2D eigenvalue weighted by Gasteiger charge is -2.33. The number of ether oxygens (including phenoxy) is 2. The molecule has 1 heterocycles. The third-order valence-corrected chi connectivity index (χ3v) is 4.92. The van der Waals surface area contributed by atoms with E-state index in [1.807, 2.05) is 23.1 Å². The van der Waals surface area contributed by atoms with E-state index in [4.69, 9.17) is 9.47 Å². The largest absolute Gasteiger partial charge is 0.493 e. The highest BCUT2D eigenvalue weighted by atomic mass is 16.5. The highest BCUT2D eigenvalue weighted by Gasteiger charge is 2.26. The average Bonchev–Trinajstić information content (AvgIpc) is 2.69. The summed E-state index contributed by atoms with van der Waals surface area (Å²) in [4.78, 5) is 14.8. The molecule has 2 aromatic carbocycles. The molecule has 5 nitrogen and oxygen atoms in total. The van der Waals surface area contributed by atoms with Gasteiger partial charge in [0.1, 0.15) is 0 Å². The molecule has 1 saturated heterocycles. The number of carbonyl (C=O) groups excluding carboxylic acids is 1. The maximum atomic E-state index is 12.9. The Bertz CT molecular complexity index is 768. The summed E-state index contributed by atoms with van der Waals surface area (Å²) in [5.74, 6) is 1.07. The SMILES string of the molecule is COc1cccc(C(=O)N2CCC(Nc3ccccc3C)CC2)c1OC. The van der Waals surface area contributed by atoms with E-state index >= 15 is 0 Å². The van der Waals surface area contributed by atoms with Gasteiger partial charge in [-0.3, -0.25) is 4.79 Å². The van der Waals surface area contributed by atoms with Gasteiger partial charge >= 0.3 is 0 Å². The van der Waals surface area contributed by atoms with Crippen LogP contribution in [0.1, 0.15) is 28.8 Å². The van der Waals surface area contributed by atoms with Gasteiger partial charge in [-0.25, -0.2) is 0 Å². The van der Waals surface area contributed by atoms with Crippen LogP contribution in [0.15, 0.2) is 42.5 Å². The van der Waals surface area contributed by atoms with Crippen molar-refractivity contribution in [3.8, 4) is 11.5 Å². The second-order valence-corrected chi connectivity index (χ2v) is 6.57. The Labute approximate surface area is 154 Å². The number of hydrogen-bond donors (Lipinski definition) is 1. The van der Waals surface area contributed by atoms with Crippen molar-refractivity contribution in [2.45, 2.75) is 25.8 Å². The lowest BCUT2D eigenvalue weighted by atomic mass is 10.0. The average molecular weight is 354 g/mol. The van der Waals surface area contributed by atoms with Crippen molar-refractivity contribution in [1.82, 2.24) is 4.90 Å². The van der Waals surface area contributed by atoms with Crippen LogP contribution in [0.2, 0.25) is 0 Å². The number of nitrogens with one attached hydrogen (secondary N) is 1. The molecule has 0 spiro atoms. The molecule has 0 bridgehead atoms. The summed E-state index contributed by atoms with van der Waals surface area (Å²) in [6, 6.07) is 14.1. The number of rotatable bonds is 5. The molecular weight excluding hydrogens is 328 g/mol. The molecule has 2 aromatic rings. The van der Waals surface area contributed by atoms with Gasteiger partial charge in [0.25, 0.3) is 5.91 Å². The number of nitrogens with zero attached hydrogens (tertiary/aromatic N) is 1. The summed E-state index contributed by atoms with van der Waals surface area (Å²) in [6.45, 7) is 3.56. The summed E-state index contributed by atoms with van der Waals surface area (Å²) in [5, 5.41) is 3.61. The highest BCUT2D eigenvalue weighted by molar-refractivity contribution is 5.97. The zero-order valence-corrected chi connectivity index (χ0v) is 15.6. The first kappa shape index (κ1) is 18.1. The highest BCUT2D eigenvalue weighted by Crippen LogP contribution is 2.32.